The molecule has 1 N–H and O–H groups in total. The molecule has 1 aliphatic carbocycles. The average Bonchev–Trinajstić information content (AvgIpc) is 3.18. The van der Waals surface area contributed by atoms with Crippen molar-refractivity contribution in [2.75, 3.05) is 5.32 Å². The second kappa shape index (κ2) is 5.98. The van der Waals surface area contributed by atoms with Crippen molar-refractivity contribution in [1.82, 2.24) is 10.2 Å². The third-order valence-electron chi connectivity index (χ3n) is 3.14. The molecule has 0 aliphatic heterocycles. The Balaban J connectivity index is 1.67. The molecule has 0 amide bonds. The molecular weight excluding hydrogens is 308 g/mol. The molecule has 0 spiro atoms. The Morgan fingerprint density at radius 3 is 3.00 bits per heavy atom. The van der Waals surface area contributed by atoms with Crippen molar-refractivity contribution in [1.29, 1.82) is 0 Å². The van der Waals surface area contributed by atoms with Crippen LogP contribution in [0.15, 0.2) is 28.6 Å². The number of nitrogens with zero attached hydrogens (tertiary/aromatic N) is 3. The van der Waals surface area contributed by atoms with E-state index in [1.165, 1.54) is 30.2 Å². The molecule has 0 unspecified atom stereocenters. The van der Waals surface area contributed by atoms with Crippen molar-refractivity contribution in [2.45, 2.75) is 35.4 Å². The van der Waals surface area contributed by atoms with Crippen LogP contribution in [0.25, 0.3) is 0 Å². The van der Waals surface area contributed by atoms with Crippen LogP contribution in [0.5, 0.6) is 0 Å². The molecule has 1 fully saturated rings. The minimum absolute atomic E-state index is 0.0895. The number of rotatable bonds is 6. The molecule has 0 radical (unpaired) electrons. The lowest BCUT2D eigenvalue weighted by molar-refractivity contribution is -0.384. The monoisotopic (exact) mass is 322 g/mol. The first-order valence-corrected chi connectivity index (χ1v) is 8.32. The van der Waals surface area contributed by atoms with Gasteiger partial charge in [-0.25, -0.2) is 0 Å². The SMILES string of the molecule is C[C@@H](Sc1nnc(NC2CC2)s1)c1cccc([N+](=O)[O-])c1. The van der Waals surface area contributed by atoms with Gasteiger partial charge >= 0.3 is 0 Å². The third kappa shape index (κ3) is 3.70. The predicted molar refractivity (Wildman–Crippen MR) is 83.9 cm³/mol. The molecule has 6 nitrogen and oxygen atoms in total. The summed E-state index contributed by atoms with van der Waals surface area (Å²) in [6.07, 6.45) is 2.40. The van der Waals surface area contributed by atoms with Gasteiger partial charge in [-0.05, 0) is 25.3 Å². The Hall–Kier alpha value is -1.67. The van der Waals surface area contributed by atoms with E-state index in [0.717, 1.165) is 15.0 Å². The van der Waals surface area contributed by atoms with Crippen LogP contribution in [0.2, 0.25) is 0 Å². The number of aromatic nitrogens is 2. The van der Waals surface area contributed by atoms with E-state index in [9.17, 15) is 10.1 Å². The maximum atomic E-state index is 10.8. The summed E-state index contributed by atoms with van der Waals surface area (Å²) in [6, 6.07) is 7.29. The summed E-state index contributed by atoms with van der Waals surface area (Å²) in [5.74, 6) is 0. The van der Waals surface area contributed by atoms with Crippen LogP contribution in [-0.2, 0) is 0 Å². The van der Waals surface area contributed by atoms with E-state index in [0.29, 0.717) is 6.04 Å². The van der Waals surface area contributed by atoms with Crippen LogP contribution < -0.4 is 5.32 Å². The summed E-state index contributed by atoms with van der Waals surface area (Å²) in [5, 5.41) is 23.3. The number of anilines is 1. The molecule has 21 heavy (non-hydrogen) atoms. The molecular formula is C13H14N4O2S2. The number of hydrogen-bond acceptors (Lipinski definition) is 7. The third-order valence-corrected chi connectivity index (χ3v) is 5.24. The lowest BCUT2D eigenvalue weighted by atomic mass is 10.1. The zero-order valence-electron chi connectivity index (χ0n) is 11.4. The van der Waals surface area contributed by atoms with Crippen molar-refractivity contribution in [3.8, 4) is 0 Å². The summed E-state index contributed by atoms with van der Waals surface area (Å²) in [4.78, 5) is 10.4. The molecule has 110 valence electrons. The van der Waals surface area contributed by atoms with Crippen molar-refractivity contribution in [3.05, 3.63) is 39.9 Å². The van der Waals surface area contributed by atoms with E-state index < -0.39 is 0 Å². The smallest absolute Gasteiger partial charge is 0.269 e. The first-order chi connectivity index (χ1) is 10.1. The first kappa shape index (κ1) is 14.3. The fourth-order valence-electron chi connectivity index (χ4n) is 1.83. The van der Waals surface area contributed by atoms with Gasteiger partial charge in [0.25, 0.3) is 5.69 Å². The molecule has 1 saturated carbocycles. The summed E-state index contributed by atoms with van der Waals surface area (Å²) >= 11 is 3.10. The number of non-ortho nitro benzene ring substituents is 1. The van der Waals surface area contributed by atoms with Crippen molar-refractivity contribution >= 4 is 33.9 Å². The van der Waals surface area contributed by atoms with Gasteiger partial charge < -0.3 is 5.32 Å². The summed E-state index contributed by atoms with van der Waals surface area (Å²) in [6.45, 7) is 2.01. The average molecular weight is 322 g/mol. The van der Waals surface area contributed by atoms with E-state index in [2.05, 4.69) is 15.5 Å². The van der Waals surface area contributed by atoms with E-state index in [1.54, 1.807) is 23.9 Å². The van der Waals surface area contributed by atoms with Crippen LogP contribution >= 0.6 is 23.1 Å². The number of nitrogens with one attached hydrogen (secondary N) is 1. The zero-order valence-corrected chi connectivity index (χ0v) is 13.0. The summed E-state index contributed by atoms with van der Waals surface area (Å²) in [5.41, 5.74) is 1.04. The van der Waals surface area contributed by atoms with E-state index >= 15 is 0 Å². The van der Waals surface area contributed by atoms with Gasteiger partial charge in [0.05, 0.1) is 4.92 Å². The maximum Gasteiger partial charge on any atom is 0.269 e. The molecule has 1 aromatic carbocycles. The molecule has 1 heterocycles. The number of benzene rings is 1. The van der Waals surface area contributed by atoms with Gasteiger partial charge in [-0.3, -0.25) is 10.1 Å². The highest BCUT2D eigenvalue weighted by Gasteiger charge is 2.23. The number of nitro benzene ring substituents is 1. The van der Waals surface area contributed by atoms with Crippen LogP contribution in [0, 0.1) is 10.1 Å². The molecule has 1 aliphatic rings. The number of nitro groups is 1. The zero-order chi connectivity index (χ0) is 14.8. The van der Waals surface area contributed by atoms with Gasteiger partial charge in [0, 0.05) is 23.4 Å². The highest BCUT2D eigenvalue weighted by atomic mass is 32.2. The fraction of sp³-hybridized carbons (Fsp3) is 0.385. The standard InChI is InChI=1S/C13H14N4O2S2/c1-8(9-3-2-4-11(7-9)17(18)19)20-13-16-15-12(21-13)14-10-5-6-10/h2-4,7-8,10H,5-6H2,1H3,(H,14,15)/t8-/m1/s1. The van der Waals surface area contributed by atoms with Gasteiger partial charge in [-0.15, -0.1) is 10.2 Å². The Morgan fingerprint density at radius 1 is 1.48 bits per heavy atom. The first-order valence-electron chi connectivity index (χ1n) is 6.63. The van der Waals surface area contributed by atoms with E-state index in [-0.39, 0.29) is 15.9 Å². The quantitative estimate of drug-likeness (QED) is 0.494. The van der Waals surface area contributed by atoms with Gasteiger partial charge in [0.2, 0.25) is 5.13 Å². The Morgan fingerprint density at radius 2 is 2.29 bits per heavy atom. The Labute approximate surface area is 130 Å². The maximum absolute atomic E-state index is 10.8. The van der Waals surface area contributed by atoms with Gasteiger partial charge in [0.15, 0.2) is 4.34 Å². The Kier molecular flexibility index (Phi) is 4.07. The van der Waals surface area contributed by atoms with Crippen molar-refractivity contribution < 1.29 is 4.92 Å². The highest BCUT2D eigenvalue weighted by Crippen LogP contribution is 2.38. The summed E-state index contributed by atoms with van der Waals surface area (Å²) in [7, 11) is 0. The van der Waals surface area contributed by atoms with Crippen molar-refractivity contribution in [3.63, 3.8) is 0 Å². The molecule has 1 atom stereocenters. The molecule has 2 aromatic rings. The second-order valence-corrected chi connectivity index (χ2v) is 7.47. The number of hydrogen-bond donors (Lipinski definition) is 1. The predicted octanol–water partition coefficient (Wildman–Crippen LogP) is 3.87. The lowest BCUT2D eigenvalue weighted by Crippen LogP contribution is -1.99. The topological polar surface area (TPSA) is 81.0 Å². The Bertz CT molecular complexity index is 657. The minimum atomic E-state index is -0.372. The number of thioether (sulfide) groups is 1. The molecule has 0 saturated heterocycles. The van der Waals surface area contributed by atoms with E-state index in [1.807, 2.05) is 13.0 Å². The van der Waals surface area contributed by atoms with Gasteiger partial charge in [-0.1, -0.05) is 35.2 Å². The molecule has 3 rings (SSSR count). The van der Waals surface area contributed by atoms with Crippen LogP contribution in [0.3, 0.4) is 0 Å². The summed E-state index contributed by atoms with van der Waals surface area (Å²) < 4.78 is 0.872. The van der Waals surface area contributed by atoms with Crippen molar-refractivity contribution in [2.24, 2.45) is 0 Å². The minimum Gasteiger partial charge on any atom is -0.357 e. The van der Waals surface area contributed by atoms with Crippen LogP contribution in [0.4, 0.5) is 10.8 Å². The molecule has 1 aromatic heterocycles. The highest BCUT2D eigenvalue weighted by molar-refractivity contribution is 8.01. The van der Waals surface area contributed by atoms with Gasteiger partial charge in [-0.2, -0.15) is 0 Å². The van der Waals surface area contributed by atoms with E-state index in [4.69, 9.17) is 0 Å². The lowest BCUT2D eigenvalue weighted by Gasteiger charge is -2.08. The van der Waals surface area contributed by atoms with Crippen LogP contribution in [0.1, 0.15) is 30.6 Å². The van der Waals surface area contributed by atoms with Gasteiger partial charge in [0.1, 0.15) is 0 Å². The molecule has 0 bridgehead atoms. The fourth-order valence-corrected chi connectivity index (χ4v) is 3.92. The van der Waals surface area contributed by atoms with Crippen LogP contribution in [-0.4, -0.2) is 21.2 Å². The normalized spacial score (nSPS) is 15.7. The largest absolute Gasteiger partial charge is 0.357 e. The second-order valence-electron chi connectivity index (χ2n) is 4.90. The molecule has 8 heteroatoms.